The monoisotopic (exact) mass is 528 g/mol. The molecule has 1 aliphatic rings. The number of piperidine rings is 1. The molecule has 12 heteroatoms. The number of thiazole rings is 1. The van der Waals surface area contributed by atoms with Gasteiger partial charge in [0.25, 0.3) is 5.56 Å². The molecule has 1 amide bonds. The van der Waals surface area contributed by atoms with Crippen molar-refractivity contribution in [3.63, 3.8) is 0 Å². The Bertz CT molecular complexity index is 1420. The van der Waals surface area contributed by atoms with Crippen LogP contribution < -0.4 is 21.3 Å². The minimum atomic E-state index is -1.49. The number of pyridine rings is 1. The fraction of sp³-hybridized carbons (Fsp3) is 0.400. The van der Waals surface area contributed by atoms with Gasteiger partial charge in [-0.05, 0) is 49.0 Å². The van der Waals surface area contributed by atoms with Crippen LogP contribution in [0.25, 0.3) is 11.7 Å². The molecule has 37 heavy (non-hydrogen) atoms. The van der Waals surface area contributed by atoms with Gasteiger partial charge >= 0.3 is 6.09 Å². The number of primary amides is 1. The quantitative estimate of drug-likeness (QED) is 0.438. The number of rotatable bonds is 8. The summed E-state index contributed by atoms with van der Waals surface area (Å²) in [4.78, 5) is 46.6. The maximum Gasteiger partial charge on any atom is 0.404 e. The highest BCUT2D eigenvalue weighted by molar-refractivity contribution is 7.09. The van der Waals surface area contributed by atoms with Crippen molar-refractivity contribution in [3.05, 3.63) is 61.7 Å². The second kappa shape index (κ2) is 11.1. The lowest BCUT2D eigenvalue weighted by Crippen LogP contribution is -2.43. The first-order valence-corrected chi connectivity index (χ1v) is 12.8. The summed E-state index contributed by atoms with van der Waals surface area (Å²) in [5, 5.41) is 14.0. The van der Waals surface area contributed by atoms with E-state index < -0.39 is 29.5 Å². The van der Waals surface area contributed by atoms with Crippen LogP contribution >= 0.6 is 11.3 Å². The highest BCUT2D eigenvalue weighted by Gasteiger charge is 2.26. The third-order valence-corrected chi connectivity index (χ3v) is 7.05. The van der Waals surface area contributed by atoms with Gasteiger partial charge in [-0.3, -0.25) is 9.20 Å². The molecular weight excluding hydrogens is 501 g/mol. The van der Waals surface area contributed by atoms with E-state index in [0.717, 1.165) is 33.5 Å². The number of carboxylic acids is 1. The van der Waals surface area contributed by atoms with Gasteiger partial charge in [-0.1, -0.05) is 13.8 Å². The van der Waals surface area contributed by atoms with Gasteiger partial charge < -0.3 is 25.3 Å². The van der Waals surface area contributed by atoms with Crippen LogP contribution in [0.3, 0.4) is 0 Å². The van der Waals surface area contributed by atoms with Crippen LogP contribution in [0.5, 0.6) is 0 Å². The molecule has 196 valence electrons. The summed E-state index contributed by atoms with van der Waals surface area (Å²) >= 11 is 1.53. The zero-order valence-electron chi connectivity index (χ0n) is 20.5. The van der Waals surface area contributed by atoms with Crippen LogP contribution in [0.15, 0.2) is 28.5 Å². The van der Waals surface area contributed by atoms with Gasteiger partial charge in [0.1, 0.15) is 23.4 Å². The number of nitrogens with zero attached hydrogens (tertiary/aromatic N) is 4. The van der Waals surface area contributed by atoms with Gasteiger partial charge in [0.15, 0.2) is 0 Å². The number of anilines is 1. The first-order valence-electron chi connectivity index (χ1n) is 11.9. The first-order chi connectivity index (χ1) is 17.6. The van der Waals surface area contributed by atoms with E-state index in [1.165, 1.54) is 17.4 Å². The van der Waals surface area contributed by atoms with Crippen LogP contribution in [0.2, 0.25) is 0 Å². The van der Waals surface area contributed by atoms with Crippen molar-refractivity contribution in [2.45, 2.75) is 51.6 Å². The molecule has 3 aromatic heterocycles. The highest BCUT2D eigenvalue weighted by atomic mass is 32.1. The lowest BCUT2D eigenvalue weighted by molar-refractivity contribution is -0.297. The summed E-state index contributed by atoms with van der Waals surface area (Å²) in [7, 11) is 0. The van der Waals surface area contributed by atoms with E-state index in [0.29, 0.717) is 43.7 Å². The molecule has 3 aromatic rings. The molecule has 1 saturated heterocycles. The number of hydrogen-bond donors (Lipinski definition) is 1. The maximum absolute atomic E-state index is 15.0. The number of aromatic nitrogens is 3. The maximum atomic E-state index is 15.0. The smallest absolute Gasteiger partial charge is 0.404 e. The van der Waals surface area contributed by atoms with E-state index in [2.05, 4.69) is 23.8 Å². The fourth-order valence-corrected chi connectivity index (χ4v) is 5.23. The number of halogens is 1. The predicted octanol–water partition coefficient (Wildman–Crippen LogP) is 2.03. The molecule has 10 nitrogen and oxygen atoms in total. The molecule has 0 aromatic carbocycles. The number of carboxylic acid groups (broad SMARTS) is 1. The molecule has 1 fully saturated rings. The standard InChI is InChI=1S/C25H28FN5O5S/c1-14(2)19-13-37-21(28-19)7-5-15-10-20-29-23(30-9-3-4-16(11-30)36-25(27)35)17(6-8-22(32)33)24(34)31(20)12-18(15)26/h6,8,10,12-14,16H,3-5,7,9,11H2,1-2H3,(H2,27,35)(H,32,33)/p-1/b8-6+. The third kappa shape index (κ3) is 6.13. The van der Waals surface area contributed by atoms with E-state index in [9.17, 15) is 19.5 Å². The van der Waals surface area contributed by atoms with Crippen LogP contribution in [-0.4, -0.2) is 45.6 Å². The Morgan fingerprint density at radius 1 is 1.35 bits per heavy atom. The summed E-state index contributed by atoms with van der Waals surface area (Å²) in [5.74, 6) is -1.56. The zero-order valence-corrected chi connectivity index (χ0v) is 21.3. The number of amides is 1. The molecule has 1 aliphatic heterocycles. The van der Waals surface area contributed by atoms with E-state index >= 15 is 4.39 Å². The second-order valence-electron chi connectivity index (χ2n) is 9.15. The molecule has 0 bridgehead atoms. The molecular formula is C25H27FN5O5S-. The number of carbonyl (C=O) groups is 2. The summed E-state index contributed by atoms with van der Waals surface area (Å²) in [6, 6.07) is 1.52. The molecule has 0 aliphatic carbocycles. The lowest BCUT2D eigenvalue weighted by Gasteiger charge is -2.33. The van der Waals surface area contributed by atoms with Gasteiger partial charge in [0, 0.05) is 18.3 Å². The Morgan fingerprint density at radius 2 is 2.14 bits per heavy atom. The Hall–Kier alpha value is -3.80. The van der Waals surface area contributed by atoms with E-state index in [1.807, 2.05) is 5.38 Å². The minimum absolute atomic E-state index is 0.0439. The highest BCUT2D eigenvalue weighted by Crippen LogP contribution is 2.25. The first kappa shape index (κ1) is 26.3. The van der Waals surface area contributed by atoms with E-state index in [-0.39, 0.29) is 23.6 Å². The van der Waals surface area contributed by atoms with Crippen molar-refractivity contribution < 1.29 is 23.8 Å². The number of carbonyl (C=O) groups excluding carboxylic acids is 2. The average Bonchev–Trinajstić information content (AvgIpc) is 3.32. The summed E-state index contributed by atoms with van der Waals surface area (Å²) in [6.45, 7) is 4.82. The summed E-state index contributed by atoms with van der Waals surface area (Å²) in [6.07, 6.45) is 3.57. The average molecular weight is 529 g/mol. The minimum Gasteiger partial charge on any atom is -0.545 e. The Kier molecular flexibility index (Phi) is 7.86. The van der Waals surface area contributed by atoms with Gasteiger partial charge in [-0.25, -0.2) is 19.2 Å². The van der Waals surface area contributed by atoms with E-state index in [4.69, 9.17) is 10.5 Å². The van der Waals surface area contributed by atoms with Crippen LogP contribution in [-0.2, 0) is 22.4 Å². The Balaban J connectivity index is 1.72. The normalized spacial score (nSPS) is 16.1. The molecule has 0 saturated carbocycles. The largest absolute Gasteiger partial charge is 0.545 e. The topological polar surface area (TPSA) is 143 Å². The number of aliphatic carboxylic acids is 1. The number of aryl methyl sites for hydroxylation is 2. The zero-order chi connectivity index (χ0) is 26.7. The van der Waals surface area contributed by atoms with Crippen molar-refractivity contribution in [3.8, 4) is 0 Å². The molecule has 1 atom stereocenters. The summed E-state index contributed by atoms with van der Waals surface area (Å²) in [5.41, 5.74) is 6.07. The second-order valence-corrected chi connectivity index (χ2v) is 10.1. The van der Waals surface area contributed by atoms with Crippen LogP contribution in [0, 0.1) is 5.82 Å². The van der Waals surface area contributed by atoms with Crippen molar-refractivity contribution in [1.82, 2.24) is 14.4 Å². The van der Waals surface area contributed by atoms with Gasteiger partial charge in [-0.2, -0.15) is 0 Å². The number of hydrogen-bond acceptors (Lipinski definition) is 9. The van der Waals surface area contributed by atoms with Gasteiger partial charge in [0.05, 0.1) is 35.0 Å². The molecule has 0 radical (unpaired) electrons. The van der Waals surface area contributed by atoms with Crippen molar-refractivity contribution in [1.29, 1.82) is 0 Å². The van der Waals surface area contributed by atoms with Crippen LogP contribution in [0.4, 0.5) is 15.0 Å². The number of nitrogens with two attached hydrogens (primary N) is 1. The molecule has 2 N–H and O–H groups in total. The SMILES string of the molecule is CC(C)c1csc(CCc2cc3nc(N4CCCC(OC(N)=O)C4)c(/C=C/C(=O)[O-])c(=O)n3cc2F)n1. The fourth-order valence-electron chi connectivity index (χ4n) is 4.27. The van der Waals surface area contributed by atoms with Crippen molar-refractivity contribution in [2.75, 3.05) is 18.0 Å². The molecule has 1 unspecified atom stereocenters. The molecule has 4 rings (SSSR count). The van der Waals surface area contributed by atoms with E-state index in [1.54, 1.807) is 4.90 Å². The Labute approximate surface area is 216 Å². The molecule has 0 spiro atoms. The molecule has 4 heterocycles. The Morgan fingerprint density at radius 3 is 2.81 bits per heavy atom. The van der Waals surface area contributed by atoms with Crippen LogP contribution in [0.1, 0.15) is 54.4 Å². The summed E-state index contributed by atoms with van der Waals surface area (Å²) < 4.78 is 21.2. The van der Waals surface area contributed by atoms with Crippen molar-refractivity contribution >= 4 is 40.9 Å². The van der Waals surface area contributed by atoms with Crippen molar-refractivity contribution in [2.24, 2.45) is 5.73 Å². The third-order valence-electron chi connectivity index (χ3n) is 6.13. The lowest BCUT2D eigenvalue weighted by atomic mass is 10.1. The number of ether oxygens (including phenoxy) is 1. The van der Waals surface area contributed by atoms with Gasteiger partial charge in [0.2, 0.25) is 0 Å². The predicted molar refractivity (Wildman–Crippen MR) is 135 cm³/mol. The van der Waals surface area contributed by atoms with Gasteiger partial charge in [-0.15, -0.1) is 11.3 Å². The number of fused-ring (bicyclic) bond motifs is 1.